The summed E-state index contributed by atoms with van der Waals surface area (Å²) in [4.78, 5) is 0. The van der Waals surface area contributed by atoms with E-state index in [1.54, 1.807) is 0 Å². The van der Waals surface area contributed by atoms with Gasteiger partial charge in [-0.25, -0.2) is 0 Å². The number of hydrogen-bond acceptors (Lipinski definition) is 0. The average Bonchev–Trinajstić information content (AvgIpc) is 2.67. The van der Waals surface area contributed by atoms with Crippen LogP contribution in [0, 0.1) is 0 Å². The predicted molar refractivity (Wildman–Crippen MR) is 136 cm³/mol. The van der Waals surface area contributed by atoms with Gasteiger partial charge in [0, 0.05) is 0 Å². The van der Waals surface area contributed by atoms with Crippen LogP contribution in [-0.2, 0) is 5.61 Å². The summed E-state index contributed by atoms with van der Waals surface area (Å²) in [5.74, 6) is 0.659. The van der Waals surface area contributed by atoms with Crippen molar-refractivity contribution in [3.8, 4) is 0 Å². The second-order valence-electron chi connectivity index (χ2n) is 5.53. The van der Waals surface area contributed by atoms with Crippen LogP contribution in [0.25, 0.3) is 0 Å². The molecule has 0 aliphatic heterocycles. The monoisotopic (exact) mass is 697 g/mol. The van der Waals surface area contributed by atoms with Gasteiger partial charge >= 0.3 is 62.1 Å². The first kappa shape index (κ1) is 24.1. The number of alkyl halides is 1. The molecule has 0 heterocycles. The molecule has 3 rings (SSSR count). The fraction of sp³-hybridized carbons (Fsp3) is 0.100. The quantitative estimate of drug-likeness (QED) is 0.146. The van der Waals surface area contributed by atoms with E-state index in [1.165, 1.54) is 15.9 Å². The van der Waals surface area contributed by atoms with Gasteiger partial charge in [-0.05, 0) is 36.4 Å². The Kier molecular flexibility index (Phi) is 10.6. The summed E-state index contributed by atoms with van der Waals surface area (Å²) in [6.45, 7) is 0. The van der Waals surface area contributed by atoms with Gasteiger partial charge in [-0.3, -0.25) is 0 Å². The standard InChI is InChI=1S/C20H19ClP.4BrH.Fe/c21-16-17-22(18-10-4-1-5-11-18,19-12-6-2-7-13-19)20-14-8-3-9-15-20;;;;;/h1-15H,16-17H2;4*1H;/q+1;;;;;+3/p-4. The normalized spacial score (nSPS) is 12.0. The third-order valence-electron chi connectivity index (χ3n) is 4.01. The van der Waals surface area contributed by atoms with Crippen LogP contribution < -0.4 is 15.9 Å². The third kappa shape index (κ3) is 7.54. The van der Waals surface area contributed by atoms with Crippen LogP contribution in [0.1, 0.15) is 0 Å². The van der Waals surface area contributed by atoms with Gasteiger partial charge in [0.25, 0.3) is 0 Å². The fourth-order valence-electron chi connectivity index (χ4n) is 3.01. The molecule has 0 amide bonds. The topological polar surface area (TPSA) is 0 Å². The first-order chi connectivity index (χ1) is 12.9. The predicted octanol–water partition coefficient (Wildman–Crippen LogP) is 7.60. The van der Waals surface area contributed by atoms with Crippen LogP contribution >= 0.6 is 75.3 Å². The van der Waals surface area contributed by atoms with Gasteiger partial charge in [-0.1, -0.05) is 54.6 Å². The van der Waals surface area contributed by atoms with Crippen LogP contribution in [0.5, 0.6) is 0 Å². The SMILES string of the molecule is ClCC[P+](c1ccccc1)(c1ccccc1)c1ccccc1.[Br][Fe-]([Br])([Br])[Br]. The first-order valence-electron chi connectivity index (χ1n) is 8.02. The molecule has 7 heteroatoms. The molecule has 3 aromatic rings. The van der Waals surface area contributed by atoms with Gasteiger partial charge in [0.15, 0.2) is 0 Å². The minimum absolute atomic E-state index is 0.659. The Morgan fingerprint density at radius 2 is 0.852 bits per heavy atom. The molecule has 0 nitrogen and oxygen atoms in total. The number of halogens is 5. The fourth-order valence-corrected chi connectivity index (χ4v) is 7.74. The van der Waals surface area contributed by atoms with Crippen molar-refractivity contribution in [3.05, 3.63) is 91.0 Å². The molecule has 0 N–H and O–H groups in total. The molecular weight excluding hydrogens is 682 g/mol. The maximum absolute atomic E-state index is 6.26. The van der Waals surface area contributed by atoms with Crippen LogP contribution in [-0.4, -0.2) is 12.0 Å². The molecule has 147 valence electrons. The van der Waals surface area contributed by atoms with Gasteiger partial charge in [0.05, 0.1) is 12.0 Å². The first-order valence-corrected chi connectivity index (χ1v) is 21.4. The molecule has 0 aromatic heterocycles. The second-order valence-corrected chi connectivity index (χ2v) is 43.0. The molecule has 0 fully saturated rings. The molecule has 0 unspecified atom stereocenters. The van der Waals surface area contributed by atoms with Gasteiger partial charge < -0.3 is 0 Å². The van der Waals surface area contributed by atoms with Crippen molar-refractivity contribution in [2.45, 2.75) is 0 Å². The molecule has 3 aromatic carbocycles. The van der Waals surface area contributed by atoms with Crippen LogP contribution in [0.4, 0.5) is 0 Å². The Bertz CT molecular complexity index is 696. The molecule has 0 spiro atoms. The van der Waals surface area contributed by atoms with E-state index in [1.807, 2.05) is 0 Å². The molecule has 0 aliphatic carbocycles. The van der Waals surface area contributed by atoms with Crippen molar-refractivity contribution in [1.82, 2.24) is 0 Å². The molecule has 0 saturated carbocycles. The maximum atomic E-state index is 6.26. The van der Waals surface area contributed by atoms with Gasteiger partial charge in [-0.2, -0.15) is 0 Å². The third-order valence-corrected chi connectivity index (χ3v) is 8.90. The number of hydrogen-bond donors (Lipinski definition) is 0. The summed E-state index contributed by atoms with van der Waals surface area (Å²) in [6.07, 6.45) is 0.979. The Hall–Kier alpha value is 0.819. The van der Waals surface area contributed by atoms with E-state index in [-0.39, 0.29) is 0 Å². The Labute approximate surface area is 197 Å². The van der Waals surface area contributed by atoms with Crippen LogP contribution in [0.3, 0.4) is 0 Å². The van der Waals surface area contributed by atoms with Gasteiger partial charge in [0.1, 0.15) is 23.2 Å². The van der Waals surface area contributed by atoms with E-state index >= 15 is 0 Å². The van der Waals surface area contributed by atoms with Crippen molar-refractivity contribution < 1.29 is 5.61 Å². The molecule has 27 heavy (non-hydrogen) atoms. The van der Waals surface area contributed by atoms with Crippen LogP contribution in [0.15, 0.2) is 91.0 Å². The van der Waals surface area contributed by atoms with Crippen molar-refractivity contribution in [2.24, 2.45) is 0 Å². The molecule has 0 saturated heterocycles. The summed E-state index contributed by atoms with van der Waals surface area (Å²) in [5.41, 5.74) is -1.25. The van der Waals surface area contributed by atoms with E-state index in [4.69, 9.17) is 11.6 Å². The van der Waals surface area contributed by atoms with Gasteiger partial charge in [0.2, 0.25) is 0 Å². The molecule has 0 radical (unpaired) electrons. The van der Waals surface area contributed by atoms with Crippen LogP contribution in [0.2, 0.25) is 0 Å². The van der Waals surface area contributed by atoms with E-state index in [0.717, 1.165) is 6.16 Å². The zero-order valence-electron chi connectivity index (χ0n) is 14.3. The second kappa shape index (κ2) is 11.9. The minimum atomic E-state index is -1.69. The summed E-state index contributed by atoms with van der Waals surface area (Å²) in [7, 11) is -1.69. The van der Waals surface area contributed by atoms with E-state index < -0.39 is 12.9 Å². The Morgan fingerprint density at radius 3 is 1.07 bits per heavy atom. The number of rotatable bonds is 5. The molecule has 0 atom stereocenters. The van der Waals surface area contributed by atoms with Crippen molar-refractivity contribution in [3.63, 3.8) is 0 Å². The molecule has 0 bridgehead atoms. The van der Waals surface area contributed by atoms with Crippen molar-refractivity contribution in [2.75, 3.05) is 12.0 Å². The molecule has 0 aliphatic rings. The van der Waals surface area contributed by atoms with E-state index in [2.05, 4.69) is 147 Å². The van der Waals surface area contributed by atoms with Gasteiger partial charge in [-0.15, -0.1) is 11.6 Å². The zero-order chi connectivity index (χ0) is 19.8. The summed E-state index contributed by atoms with van der Waals surface area (Å²) in [6, 6.07) is 32.5. The summed E-state index contributed by atoms with van der Waals surface area (Å²) >= 11 is 19.3. The average molecular weight is 701 g/mol. The summed E-state index contributed by atoms with van der Waals surface area (Å²) in [5, 5.41) is 4.19. The number of benzene rings is 3. The van der Waals surface area contributed by atoms with Crippen molar-refractivity contribution in [1.29, 1.82) is 0 Å². The Morgan fingerprint density at radius 1 is 0.593 bits per heavy atom. The molecular formula is C20H19Br4ClFeP. The van der Waals surface area contributed by atoms with E-state index in [0.29, 0.717) is 5.88 Å². The van der Waals surface area contributed by atoms with E-state index in [9.17, 15) is 0 Å². The zero-order valence-corrected chi connectivity index (χ0v) is 23.4. The summed E-state index contributed by atoms with van der Waals surface area (Å²) < 4.78 is 0. The van der Waals surface area contributed by atoms with Crippen molar-refractivity contribution >= 4 is 91.2 Å². The Balaban J connectivity index is 0.000000465.